The molecule has 0 amide bonds. The van der Waals surface area contributed by atoms with Crippen molar-refractivity contribution in [3.63, 3.8) is 0 Å². The summed E-state index contributed by atoms with van der Waals surface area (Å²) in [6, 6.07) is 0. The summed E-state index contributed by atoms with van der Waals surface area (Å²) in [5, 5.41) is 3.50. The molecule has 0 saturated carbocycles. The predicted octanol–water partition coefficient (Wildman–Crippen LogP) is 1.82. The van der Waals surface area contributed by atoms with Gasteiger partial charge in [0.2, 0.25) is 0 Å². The molecule has 3 atom stereocenters. The van der Waals surface area contributed by atoms with Crippen LogP contribution in [0.3, 0.4) is 0 Å². The molecule has 15 heavy (non-hydrogen) atoms. The summed E-state index contributed by atoms with van der Waals surface area (Å²) in [6.07, 6.45) is 1.42. The lowest BCUT2D eigenvalue weighted by Crippen LogP contribution is -2.31. The van der Waals surface area contributed by atoms with Crippen LogP contribution in [-0.4, -0.2) is 37.6 Å². The number of likely N-dealkylation sites (tertiary alicyclic amines) is 1. The van der Waals surface area contributed by atoms with Crippen LogP contribution in [0, 0.1) is 23.7 Å². The molecule has 0 aliphatic carbocycles. The zero-order valence-electron chi connectivity index (χ0n) is 10.5. The van der Waals surface area contributed by atoms with Gasteiger partial charge in [-0.1, -0.05) is 20.8 Å². The molecule has 2 aliphatic heterocycles. The Bertz CT molecular complexity index is 203. The van der Waals surface area contributed by atoms with Crippen LogP contribution < -0.4 is 5.32 Å². The fourth-order valence-corrected chi connectivity index (χ4v) is 3.01. The maximum Gasteiger partial charge on any atom is 0.00249 e. The van der Waals surface area contributed by atoms with Crippen LogP contribution in [0.2, 0.25) is 0 Å². The van der Waals surface area contributed by atoms with Crippen molar-refractivity contribution >= 4 is 0 Å². The van der Waals surface area contributed by atoms with E-state index in [0.29, 0.717) is 0 Å². The van der Waals surface area contributed by atoms with Crippen LogP contribution in [-0.2, 0) is 0 Å². The average molecular weight is 210 g/mol. The summed E-state index contributed by atoms with van der Waals surface area (Å²) in [4.78, 5) is 2.69. The SMILES string of the molecule is CC(C)C1CCN(CC2CNCC2C)C1. The summed E-state index contributed by atoms with van der Waals surface area (Å²) in [7, 11) is 0. The fraction of sp³-hybridized carbons (Fsp3) is 1.00. The molecule has 0 spiro atoms. The monoisotopic (exact) mass is 210 g/mol. The van der Waals surface area contributed by atoms with Gasteiger partial charge in [-0.15, -0.1) is 0 Å². The lowest BCUT2D eigenvalue weighted by Gasteiger charge is -2.23. The van der Waals surface area contributed by atoms with Crippen LogP contribution in [0.4, 0.5) is 0 Å². The van der Waals surface area contributed by atoms with Crippen LogP contribution in [0.15, 0.2) is 0 Å². The molecular formula is C13H26N2. The summed E-state index contributed by atoms with van der Waals surface area (Å²) >= 11 is 0. The topological polar surface area (TPSA) is 15.3 Å². The molecule has 0 bridgehead atoms. The molecule has 2 saturated heterocycles. The molecule has 88 valence electrons. The largest absolute Gasteiger partial charge is 0.316 e. The van der Waals surface area contributed by atoms with Crippen LogP contribution >= 0.6 is 0 Å². The first-order valence-corrected chi connectivity index (χ1v) is 6.60. The normalized spacial score (nSPS) is 38.0. The third-order valence-corrected chi connectivity index (χ3v) is 4.42. The number of rotatable bonds is 3. The first-order chi connectivity index (χ1) is 7.16. The molecule has 0 radical (unpaired) electrons. The maximum atomic E-state index is 3.50. The minimum Gasteiger partial charge on any atom is -0.316 e. The number of hydrogen-bond donors (Lipinski definition) is 1. The van der Waals surface area contributed by atoms with E-state index in [4.69, 9.17) is 0 Å². The zero-order valence-corrected chi connectivity index (χ0v) is 10.5. The molecule has 0 aromatic rings. The fourth-order valence-electron chi connectivity index (χ4n) is 3.01. The van der Waals surface area contributed by atoms with Crippen LogP contribution in [0.5, 0.6) is 0 Å². The summed E-state index contributed by atoms with van der Waals surface area (Å²) in [6.45, 7) is 13.6. The predicted molar refractivity (Wildman–Crippen MR) is 64.9 cm³/mol. The number of hydrogen-bond acceptors (Lipinski definition) is 2. The van der Waals surface area contributed by atoms with E-state index in [9.17, 15) is 0 Å². The van der Waals surface area contributed by atoms with Crippen LogP contribution in [0.25, 0.3) is 0 Å². The Morgan fingerprint density at radius 3 is 2.67 bits per heavy atom. The van der Waals surface area contributed by atoms with E-state index in [1.54, 1.807) is 0 Å². The molecule has 3 unspecified atom stereocenters. The van der Waals surface area contributed by atoms with E-state index in [2.05, 4.69) is 31.0 Å². The van der Waals surface area contributed by atoms with Crippen molar-refractivity contribution < 1.29 is 0 Å². The van der Waals surface area contributed by atoms with Crippen molar-refractivity contribution in [3.8, 4) is 0 Å². The second kappa shape index (κ2) is 4.84. The van der Waals surface area contributed by atoms with E-state index in [1.165, 1.54) is 39.1 Å². The van der Waals surface area contributed by atoms with Gasteiger partial charge in [-0.05, 0) is 49.7 Å². The maximum absolute atomic E-state index is 3.50. The van der Waals surface area contributed by atoms with Crippen molar-refractivity contribution in [2.45, 2.75) is 27.2 Å². The van der Waals surface area contributed by atoms with Crippen molar-refractivity contribution in [3.05, 3.63) is 0 Å². The zero-order chi connectivity index (χ0) is 10.8. The highest BCUT2D eigenvalue weighted by Gasteiger charge is 2.29. The Morgan fingerprint density at radius 2 is 2.13 bits per heavy atom. The lowest BCUT2D eigenvalue weighted by atomic mass is 9.95. The van der Waals surface area contributed by atoms with Gasteiger partial charge in [0, 0.05) is 13.1 Å². The minimum atomic E-state index is 0.870. The van der Waals surface area contributed by atoms with Gasteiger partial charge >= 0.3 is 0 Å². The number of nitrogens with one attached hydrogen (secondary N) is 1. The van der Waals surface area contributed by atoms with Gasteiger partial charge in [-0.25, -0.2) is 0 Å². The third-order valence-electron chi connectivity index (χ3n) is 4.42. The van der Waals surface area contributed by atoms with E-state index in [0.717, 1.165) is 23.7 Å². The van der Waals surface area contributed by atoms with Crippen molar-refractivity contribution in [1.29, 1.82) is 0 Å². The molecule has 1 N–H and O–H groups in total. The van der Waals surface area contributed by atoms with Crippen LogP contribution in [0.1, 0.15) is 27.2 Å². The van der Waals surface area contributed by atoms with Gasteiger partial charge < -0.3 is 10.2 Å². The quantitative estimate of drug-likeness (QED) is 0.764. The molecule has 2 heterocycles. The van der Waals surface area contributed by atoms with Gasteiger partial charge in [0.05, 0.1) is 0 Å². The van der Waals surface area contributed by atoms with Gasteiger partial charge in [0.1, 0.15) is 0 Å². The molecule has 2 nitrogen and oxygen atoms in total. The van der Waals surface area contributed by atoms with Gasteiger partial charge in [0.25, 0.3) is 0 Å². The second-order valence-electron chi connectivity index (χ2n) is 5.95. The van der Waals surface area contributed by atoms with Gasteiger partial charge in [-0.2, -0.15) is 0 Å². The summed E-state index contributed by atoms with van der Waals surface area (Å²) in [5.74, 6) is 3.60. The third kappa shape index (κ3) is 2.73. The Morgan fingerprint density at radius 1 is 1.33 bits per heavy atom. The molecule has 2 heteroatoms. The molecule has 2 aliphatic rings. The van der Waals surface area contributed by atoms with Gasteiger partial charge in [0.15, 0.2) is 0 Å². The lowest BCUT2D eigenvalue weighted by molar-refractivity contribution is 0.244. The Balaban J connectivity index is 1.77. The first kappa shape index (κ1) is 11.4. The highest BCUT2D eigenvalue weighted by atomic mass is 15.2. The minimum absolute atomic E-state index is 0.870. The Kier molecular flexibility index (Phi) is 3.68. The Hall–Kier alpha value is -0.0800. The van der Waals surface area contributed by atoms with E-state index in [1.807, 2.05) is 0 Å². The molecule has 0 aromatic heterocycles. The average Bonchev–Trinajstić information content (AvgIpc) is 2.77. The highest BCUT2D eigenvalue weighted by molar-refractivity contribution is 4.84. The van der Waals surface area contributed by atoms with Crippen molar-refractivity contribution in [2.24, 2.45) is 23.7 Å². The standard InChI is InChI=1S/C13H26N2/c1-10(2)12-4-5-15(8-12)9-13-7-14-6-11(13)3/h10-14H,4-9H2,1-3H3. The Labute approximate surface area is 94.4 Å². The molecule has 2 fully saturated rings. The molecule has 2 rings (SSSR count). The summed E-state index contributed by atoms with van der Waals surface area (Å²) in [5.41, 5.74) is 0. The highest BCUT2D eigenvalue weighted by Crippen LogP contribution is 2.26. The van der Waals surface area contributed by atoms with E-state index >= 15 is 0 Å². The van der Waals surface area contributed by atoms with E-state index < -0.39 is 0 Å². The first-order valence-electron chi connectivity index (χ1n) is 6.60. The number of nitrogens with zero attached hydrogens (tertiary/aromatic N) is 1. The molecular weight excluding hydrogens is 184 g/mol. The second-order valence-corrected chi connectivity index (χ2v) is 5.95. The molecule has 0 aromatic carbocycles. The van der Waals surface area contributed by atoms with Gasteiger partial charge in [-0.3, -0.25) is 0 Å². The smallest absolute Gasteiger partial charge is 0.00249 e. The van der Waals surface area contributed by atoms with Crippen molar-refractivity contribution in [1.82, 2.24) is 10.2 Å². The van der Waals surface area contributed by atoms with E-state index in [-0.39, 0.29) is 0 Å². The summed E-state index contributed by atoms with van der Waals surface area (Å²) < 4.78 is 0. The van der Waals surface area contributed by atoms with Crippen molar-refractivity contribution in [2.75, 3.05) is 32.7 Å².